The van der Waals surface area contributed by atoms with Crippen molar-refractivity contribution in [2.24, 2.45) is 7.05 Å². The number of rotatable bonds is 5. The summed E-state index contributed by atoms with van der Waals surface area (Å²) in [5.74, 6) is 0. The van der Waals surface area contributed by atoms with Crippen LogP contribution in [0.2, 0.25) is 5.15 Å². The van der Waals surface area contributed by atoms with Crippen LogP contribution in [-0.4, -0.2) is 46.9 Å². The Morgan fingerprint density at radius 3 is 2.41 bits per heavy atom. The molecule has 17 heavy (non-hydrogen) atoms. The van der Waals surface area contributed by atoms with E-state index in [-0.39, 0.29) is 10.2 Å². The van der Waals surface area contributed by atoms with Gasteiger partial charge in [-0.15, -0.1) is 0 Å². The second-order valence-corrected chi connectivity index (χ2v) is 5.89. The average Bonchev–Trinajstić information content (AvgIpc) is 2.59. The maximum atomic E-state index is 11.9. The van der Waals surface area contributed by atoms with E-state index in [1.807, 2.05) is 0 Å². The lowest BCUT2D eigenvalue weighted by atomic mass is 10.1. The van der Waals surface area contributed by atoms with Gasteiger partial charge in [0.05, 0.1) is 25.1 Å². The van der Waals surface area contributed by atoms with Crippen LogP contribution in [0, 0.1) is 0 Å². The number of nitrogens with one attached hydrogen (secondary N) is 1. The molecule has 0 unspecified atom stereocenters. The highest BCUT2D eigenvalue weighted by atomic mass is 35.5. The summed E-state index contributed by atoms with van der Waals surface area (Å²) >= 11 is 5.76. The maximum Gasteiger partial charge on any atom is 0.261 e. The van der Waals surface area contributed by atoms with Crippen molar-refractivity contribution in [3.05, 3.63) is 11.5 Å². The van der Waals surface area contributed by atoms with E-state index >= 15 is 0 Å². The van der Waals surface area contributed by atoms with Crippen LogP contribution in [0.3, 0.4) is 0 Å². The van der Waals surface area contributed by atoms with Crippen molar-refractivity contribution in [1.82, 2.24) is 14.3 Å². The zero-order chi connectivity index (χ0) is 13.3. The lowest BCUT2D eigenvalue weighted by Crippen LogP contribution is -2.51. The van der Waals surface area contributed by atoms with Crippen LogP contribution >= 0.6 is 11.6 Å². The molecule has 0 aliphatic carbocycles. The first-order valence-corrected chi connectivity index (χ1v) is 6.54. The van der Waals surface area contributed by atoms with E-state index < -0.39 is 28.8 Å². The van der Waals surface area contributed by atoms with Gasteiger partial charge in [-0.2, -0.15) is 4.72 Å². The quantitative estimate of drug-likeness (QED) is 0.649. The average molecular weight is 284 g/mol. The van der Waals surface area contributed by atoms with E-state index in [1.54, 1.807) is 7.05 Å². The largest absolute Gasteiger partial charge is 0.394 e. The van der Waals surface area contributed by atoms with Crippen LogP contribution in [0.25, 0.3) is 0 Å². The van der Waals surface area contributed by atoms with E-state index in [1.165, 1.54) is 17.8 Å². The second kappa shape index (κ2) is 4.91. The number of sulfonamides is 1. The van der Waals surface area contributed by atoms with Crippen molar-refractivity contribution < 1.29 is 18.6 Å². The highest BCUT2D eigenvalue weighted by Gasteiger charge is 2.32. The minimum Gasteiger partial charge on any atom is -0.394 e. The van der Waals surface area contributed by atoms with Gasteiger partial charge in [-0.25, -0.2) is 13.4 Å². The number of nitrogens with zero attached hydrogens (tertiary/aromatic N) is 2. The molecular formula is C8H14ClN3O4S. The van der Waals surface area contributed by atoms with Gasteiger partial charge in [0.25, 0.3) is 10.0 Å². The first-order chi connectivity index (χ1) is 7.75. The Labute approximate surface area is 104 Å². The second-order valence-electron chi connectivity index (χ2n) is 3.93. The number of hydrogen-bond donors (Lipinski definition) is 3. The standard InChI is InChI=1S/C8H14ClN3O4S/c1-8(3-13,4-14)11-17(15,16)7-6(9)12(2)5-10-7/h5,11,13-14H,3-4H2,1-2H3. The van der Waals surface area contributed by atoms with E-state index in [0.29, 0.717) is 0 Å². The fourth-order valence-electron chi connectivity index (χ4n) is 1.06. The molecular weight excluding hydrogens is 270 g/mol. The molecule has 1 aromatic heterocycles. The molecule has 0 amide bonds. The summed E-state index contributed by atoms with van der Waals surface area (Å²) in [6.07, 6.45) is 1.26. The van der Waals surface area contributed by atoms with Gasteiger partial charge in [0.2, 0.25) is 5.03 Å². The summed E-state index contributed by atoms with van der Waals surface area (Å²) in [5, 5.41) is 17.7. The van der Waals surface area contributed by atoms with Gasteiger partial charge in [0.15, 0.2) is 0 Å². The van der Waals surface area contributed by atoms with E-state index in [9.17, 15) is 8.42 Å². The van der Waals surface area contributed by atoms with Gasteiger partial charge in [-0.3, -0.25) is 0 Å². The van der Waals surface area contributed by atoms with Crippen LogP contribution in [0.5, 0.6) is 0 Å². The number of aliphatic hydroxyl groups is 2. The lowest BCUT2D eigenvalue weighted by molar-refractivity contribution is 0.121. The SMILES string of the molecule is Cn1cnc(S(=O)(=O)NC(C)(CO)CO)c1Cl. The van der Waals surface area contributed by atoms with Gasteiger partial charge in [-0.05, 0) is 6.92 Å². The van der Waals surface area contributed by atoms with E-state index in [4.69, 9.17) is 21.8 Å². The Bertz CT molecular complexity index is 495. The molecule has 0 fully saturated rings. The number of aromatic nitrogens is 2. The van der Waals surface area contributed by atoms with Crippen LogP contribution in [0.4, 0.5) is 0 Å². The minimum atomic E-state index is -3.99. The number of aryl methyl sites for hydroxylation is 1. The van der Waals surface area contributed by atoms with Gasteiger partial charge in [0.1, 0.15) is 5.15 Å². The normalized spacial score (nSPS) is 13.0. The number of hydrogen-bond acceptors (Lipinski definition) is 5. The number of aliphatic hydroxyl groups excluding tert-OH is 2. The molecule has 0 saturated carbocycles. The van der Waals surface area contributed by atoms with Crippen LogP contribution in [-0.2, 0) is 17.1 Å². The first-order valence-electron chi connectivity index (χ1n) is 4.68. The Hall–Kier alpha value is -0.670. The molecule has 0 aromatic carbocycles. The molecule has 0 aliphatic heterocycles. The van der Waals surface area contributed by atoms with Crippen molar-refractivity contribution in [2.45, 2.75) is 17.5 Å². The summed E-state index contributed by atoms with van der Waals surface area (Å²) in [5.41, 5.74) is -1.36. The summed E-state index contributed by atoms with van der Waals surface area (Å²) in [7, 11) is -2.44. The van der Waals surface area contributed by atoms with Crippen LogP contribution in [0.1, 0.15) is 6.92 Å². The molecule has 1 aromatic rings. The first kappa shape index (κ1) is 14.4. The Morgan fingerprint density at radius 2 is 2.06 bits per heavy atom. The third kappa shape index (κ3) is 2.96. The van der Waals surface area contributed by atoms with E-state index in [2.05, 4.69) is 9.71 Å². The molecule has 1 rings (SSSR count). The maximum absolute atomic E-state index is 11.9. The lowest BCUT2D eigenvalue weighted by Gasteiger charge is -2.25. The predicted octanol–water partition coefficient (Wildman–Crippen LogP) is -0.905. The molecule has 0 spiro atoms. The minimum absolute atomic E-state index is 0.0456. The van der Waals surface area contributed by atoms with Crippen LogP contribution in [0.15, 0.2) is 11.4 Å². The molecule has 0 bridgehead atoms. The van der Waals surface area contributed by atoms with E-state index in [0.717, 1.165) is 0 Å². The monoisotopic (exact) mass is 283 g/mol. The Kier molecular flexibility index (Phi) is 4.15. The van der Waals surface area contributed by atoms with Crippen molar-refractivity contribution in [3.8, 4) is 0 Å². The van der Waals surface area contributed by atoms with Crippen molar-refractivity contribution in [3.63, 3.8) is 0 Å². The van der Waals surface area contributed by atoms with Gasteiger partial charge < -0.3 is 14.8 Å². The van der Waals surface area contributed by atoms with Crippen LogP contribution < -0.4 is 4.72 Å². The van der Waals surface area contributed by atoms with Crippen molar-refractivity contribution in [2.75, 3.05) is 13.2 Å². The third-order valence-corrected chi connectivity index (χ3v) is 4.29. The highest BCUT2D eigenvalue weighted by molar-refractivity contribution is 7.89. The fourth-order valence-corrected chi connectivity index (χ4v) is 2.88. The molecule has 0 saturated heterocycles. The molecule has 1 heterocycles. The third-order valence-electron chi connectivity index (χ3n) is 2.17. The molecule has 98 valence electrons. The van der Waals surface area contributed by atoms with Gasteiger partial charge in [-0.1, -0.05) is 11.6 Å². The van der Waals surface area contributed by atoms with Gasteiger partial charge >= 0.3 is 0 Å². The smallest absolute Gasteiger partial charge is 0.261 e. The molecule has 7 nitrogen and oxygen atoms in total. The fraction of sp³-hybridized carbons (Fsp3) is 0.625. The summed E-state index contributed by atoms with van der Waals surface area (Å²) in [4.78, 5) is 3.66. The van der Waals surface area contributed by atoms with Crippen molar-refractivity contribution >= 4 is 21.6 Å². The zero-order valence-electron chi connectivity index (χ0n) is 9.38. The highest BCUT2D eigenvalue weighted by Crippen LogP contribution is 2.20. The molecule has 0 radical (unpaired) electrons. The summed E-state index contributed by atoms with van der Waals surface area (Å²) < 4.78 is 27.3. The Morgan fingerprint density at radius 1 is 1.53 bits per heavy atom. The predicted molar refractivity (Wildman–Crippen MR) is 61.1 cm³/mol. The topological polar surface area (TPSA) is 104 Å². The molecule has 0 atom stereocenters. The summed E-state index contributed by atoms with van der Waals surface area (Å²) in [6, 6.07) is 0. The number of imidazole rings is 1. The van der Waals surface area contributed by atoms with Gasteiger partial charge in [0, 0.05) is 7.05 Å². The summed E-state index contributed by atoms with van der Waals surface area (Å²) in [6.45, 7) is 0.266. The Balaban J connectivity index is 3.09. The zero-order valence-corrected chi connectivity index (χ0v) is 11.0. The molecule has 9 heteroatoms. The van der Waals surface area contributed by atoms with Crippen molar-refractivity contribution in [1.29, 1.82) is 0 Å². The molecule has 0 aliphatic rings. The molecule has 3 N–H and O–H groups in total. The number of halogens is 1.